The normalized spacial score (nSPS) is 13.9. The van der Waals surface area contributed by atoms with E-state index < -0.39 is 0 Å². The minimum Gasteiger partial charge on any atom is -0.454 e. The van der Waals surface area contributed by atoms with Crippen LogP contribution in [0.15, 0.2) is 30.3 Å². The number of hydrogen-bond acceptors (Lipinski definition) is 6. The van der Waals surface area contributed by atoms with Crippen LogP contribution in [-0.4, -0.2) is 50.2 Å². The molecule has 0 aliphatic carbocycles. The van der Waals surface area contributed by atoms with Gasteiger partial charge in [0.05, 0.1) is 11.3 Å². The lowest BCUT2D eigenvalue weighted by Crippen LogP contribution is -2.46. The molecule has 142 valence electrons. The van der Waals surface area contributed by atoms with Crippen LogP contribution in [0.25, 0.3) is 0 Å². The van der Waals surface area contributed by atoms with Gasteiger partial charge in [-0.15, -0.1) is 0 Å². The summed E-state index contributed by atoms with van der Waals surface area (Å²) in [6, 6.07) is 9.32. The number of nitrogens with two attached hydrogens (primary N) is 1. The number of para-hydroxylation sites is 1. The summed E-state index contributed by atoms with van der Waals surface area (Å²) in [5.74, 6) is 1.64. The number of nitrogens with one attached hydrogen (secondary N) is 4. The van der Waals surface area contributed by atoms with E-state index in [2.05, 4.69) is 15.5 Å². The summed E-state index contributed by atoms with van der Waals surface area (Å²) < 4.78 is 6.19. The fraction of sp³-hybridized carbons (Fsp3) is 0.300. The predicted octanol–water partition coefficient (Wildman–Crippen LogP) is 2.64. The number of hydrogen-bond donors (Lipinski definition) is 5. The van der Waals surface area contributed by atoms with Gasteiger partial charge in [-0.3, -0.25) is 5.41 Å². The van der Waals surface area contributed by atoms with Crippen molar-refractivity contribution in [3.8, 4) is 11.5 Å². The minimum absolute atomic E-state index is 0.475. The third-order valence-electron chi connectivity index (χ3n) is 4.75. The van der Waals surface area contributed by atoms with E-state index in [0.717, 1.165) is 43.0 Å². The lowest BCUT2D eigenvalue weighted by molar-refractivity contribution is 0.356. The molecule has 0 aromatic heterocycles. The van der Waals surface area contributed by atoms with E-state index in [1.807, 2.05) is 38.2 Å². The molecule has 6 N–H and O–H groups in total. The van der Waals surface area contributed by atoms with Gasteiger partial charge >= 0.3 is 0 Å². The quantitative estimate of drug-likeness (QED) is 0.317. The third kappa shape index (κ3) is 3.73. The van der Waals surface area contributed by atoms with E-state index in [4.69, 9.17) is 21.3 Å². The van der Waals surface area contributed by atoms with Crippen LogP contribution < -0.4 is 21.1 Å². The first-order valence-electron chi connectivity index (χ1n) is 8.99. The molecular weight excluding hydrogens is 340 g/mol. The molecule has 2 aromatic rings. The van der Waals surface area contributed by atoms with Gasteiger partial charge in [0, 0.05) is 50.7 Å². The number of piperazine rings is 1. The first-order chi connectivity index (χ1) is 13.1. The highest BCUT2D eigenvalue weighted by molar-refractivity contribution is 6.03. The fourth-order valence-corrected chi connectivity index (χ4v) is 3.25. The molecule has 7 heteroatoms. The first kappa shape index (κ1) is 18.7. The fourth-order valence-electron chi connectivity index (χ4n) is 3.25. The highest BCUT2D eigenvalue weighted by atomic mass is 16.5. The maximum Gasteiger partial charge on any atom is 0.151 e. The Morgan fingerprint density at radius 3 is 2.67 bits per heavy atom. The summed E-state index contributed by atoms with van der Waals surface area (Å²) in [6.45, 7) is 5.28. The van der Waals surface area contributed by atoms with Crippen LogP contribution in [0.5, 0.6) is 11.5 Å². The second-order valence-electron chi connectivity index (χ2n) is 6.48. The van der Waals surface area contributed by atoms with Gasteiger partial charge in [-0.05, 0) is 30.7 Å². The van der Waals surface area contributed by atoms with Crippen molar-refractivity contribution in [1.29, 1.82) is 10.8 Å². The Balaban J connectivity index is 1.99. The van der Waals surface area contributed by atoms with Gasteiger partial charge < -0.3 is 31.4 Å². The number of nitrogen functional groups attached to an aromatic ring is 1. The molecule has 2 aromatic carbocycles. The Morgan fingerprint density at radius 2 is 2.00 bits per heavy atom. The van der Waals surface area contributed by atoms with Crippen LogP contribution in [0.4, 0.5) is 11.4 Å². The number of amidine groups is 1. The van der Waals surface area contributed by atoms with Crippen molar-refractivity contribution in [2.45, 2.75) is 6.92 Å². The largest absolute Gasteiger partial charge is 0.454 e. The van der Waals surface area contributed by atoms with E-state index in [1.165, 1.54) is 6.21 Å². The van der Waals surface area contributed by atoms with E-state index in [0.29, 0.717) is 28.6 Å². The maximum absolute atomic E-state index is 8.65. The summed E-state index contributed by atoms with van der Waals surface area (Å²) in [4.78, 5) is 2.06. The van der Waals surface area contributed by atoms with Gasteiger partial charge in [0.1, 0.15) is 11.6 Å². The SMILES string of the molecule is CNc1c(Oc2c(C)ccc(N)c2C=N)cccc1C(=N)N1CCNCC1. The Bertz CT molecular complexity index is 858. The molecule has 0 saturated carbocycles. The third-order valence-corrected chi connectivity index (χ3v) is 4.75. The summed E-state index contributed by atoms with van der Waals surface area (Å²) in [6.07, 6.45) is 1.21. The number of ether oxygens (including phenoxy) is 1. The van der Waals surface area contributed by atoms with Crippen LogP contribution in [0.1, 0.15) is 16.7 Å². The van der Waals surface area contributed by atoms with Crippen molar-refractivity contribution in [2.75, 3.05) is 44.3 Å². The smallest absolute Gasteiger partial charge is 0.151 e. The van der Waals surface area contributed by atoms with Gasteiger partial charge in [-0.1, -0.05) is 12.1 Å². The highest BCUT2D eigenvalue weighted by Gasteiger charge is 2.20. The average Bonchev–Trinajstić information content (AvgIpc) is 2.70. The summed E-state index contributed by atoms with van der Waals surface area (Å²) in [5.41, 5.74) is 9.49. The minimum atomic E-state index is 0.475. The molecule has 0 bridgehead atoms. The van der Waals surface area contributed by atoms with Crippen molar-refractivity contribution in [1.82, 2.24) is 10.2 Å². The molecular formula is C20H26N6O. The zero-order valence-electron chi connectivity index (χ0n) is 15.7. The lowest BCUT2D eigenvalue weighted by Gasteiger charge is -2.30. The van der Waals surface area contributed by atoms with Gasteiger partial charge in [0.2, 0.25) is 0 Å². The van der Waals surface area contributed by atoms with Gasteiger partial charge in [-0.25, -0.2) is 0 Å². The van der Waals surface area contributed by atoms with E-state index in [-0.39, 0.29) is 0 Å². The van der Waals surface area contributed by atoms with Crippen molar-refractivity contribution in [3.63, 3.8) is 0 Å². The van der Waals surface area contributed by atoms with Gasteiger partial charge in [-0.2, -0.15) is 0 Å². The van der Waals surface area contributed by atoms with Gasteiger partial charge in [0.15, 0.2) is 5.75 Å². The van der Waals surface area contributed by atoms with Gasteiger partial charge in [0.25, 0.3) is 0 Å². The zero-order valence-corrected chi connectivity index (χ0v) is 15.7. The van der Waals surface area contributed by atoms with Crippen LogP contribution >= 0.6 is 0 Å². The lowest BCUT2D eigenvalue weighted by atomic mass is 10.1. The van der Waals surface area contributed by atoms with E-state index >= 15 is 0 Å². The van der Waals surface area contributed by atoms with Crippen LogP contribution in [0, 0.1) is 17.7 Å². The second-order valence-corrected chi connectivity index (χ2v) is 6.48. The average molecular weight is 366 g/mol. The van der Waals surface area contributed by atoms with Crippen molar-refractivity contribution >= 4 is 23.4 Å². The number of aryl methyl sites for hydroxylation is 1. The molecule has 1 aliphatic rings. The molecule has 27 heavy (non-hydrogen) atoms. The Labute approximate surface area is 159 Å². The number of anilines is 2. The standard InChI is InChI=1S/C20H26N6O/c1-13-6-7-16(22)15(12-21)19(13)27-17-5-3-4-14(18(17)24-2)20(23)26-10-8-25-9-11-26/h3-7,12,21,23-25H,8-11,22H2,1-2H3. The molecule has 1 heterocycles. The number of benzene rings is 2. The molecule has 3 rings (SSSR count). The monoisotopic (exact) mass is 366 g/mol. The molecule has 0 unspecified atom stereocenters. The highest BCUT2D eigenvalue weighted by Crippen LogP contribution is 2.37. The summed E-state index contributed by atoms with van der Waals surface area (Å²) in [7, 11) is 1.82. The molecule has 1 saturated heterocycles. The molecule has 7 nitrogen and oxygen atoms in total. The number of rotatable bonds is 5. The number of nitrogens with zero attached hydrogens (tertiary/aromatic N) is 1. The van der Waals surface area contributed by atoms with Crippen molar-refractivity contribution in [2.24, 2.45) is 0 Å². The topological polar surface area (TPSA) is 110 Å². The Hall–Kier alpha value is -3.06. The van der Waals surface area contributed by atoms with Crippen LogP contribution in [0.2, 0.25) is 0 Å². The second kappa shape index (κ2) is 8.09. The van der Waals surface area contributed by atoms with Crippen molar-refractivity contribution in [3.05, 3.63) is 47.0 Å². The molecule has 0 atom stereocenters. The molecule has 1 aliphatic heterocycles. The summed E-state index contributed by atoms with van der Waals surface area (Å²) in [5, 5.41) is 22.8. The Kier molecular flexibility index (Phi) is 5.61. The van der Waals surface area contributed by atoms with E-state index in [9.17, 15) is 0 Å². The zero-order chi connectivity index (χ0) is 19.4. The maximum atomic E-state index is 8.65. The van der Waals surface area contributed by atoms with Crippen LogP contribution in [0.3, 0.4) is 0 Å². The molecule has 1 fully saturated rings. The molecule has 0 amide bonds. The molecule has 0 radical (unpaired) electrons. The Morgan fingerprint density at radius 1 is 1.26 bits per heavy atom. The predicted molar refractivity (Wildman–Crippen MR) is 111 cm³/mol. The van der Waals surface area contributed by atoms with Crippen LogP contribution in [-0.2, 0) is 0 Å². The summed E-state index contributed by atoms with van der Waals surface area (Å²) >= 11 is 0. The van der Waals surface area contributed by atoms with E-state index in [1.54, 1.807) is 6.07 Å². The molecule has 0 spiro atoms. The first-order valence-corrected chi connectivity index (χ1v) is 8.99. The van der Waals surface area contributed by atoms with Crippen molar-refractivity contribution < 1.29 is 4.74 Å².